The Morgan fingerprint density at radius 3 is 2.59 bits per heavy atom. The molecule has 2 fully saturated rings. The van der Waals surface area contributed by atoms with Gasteiger partial charge in [0.1, 0.15) is 5.54 Å². The van der Waals surface area contributed by atoms with Gasteiger partial charge in [0.25, 0.3) is 5.91 Å². The van der Waals surface area contributed by atoms with Crippen molar-refractivity contribution in [1.82, 2.24) is 15.1 Å². The molecular formula is C15H28N4O3. The summed E-state index contributed by atoms with van der Waals surface area (Å²) in [5, 5.41) is 2.92. The number of nitrogens with two attached hydrogens (primary N) is 1. The molecule has 2 saturated heterocycles. The summed E-state index contributed by atoms with van der Waals surface area (Å²) in [7, 11) is 0. The average Bonchev–Trinajstić information content (AvgIpc) is 2.75. The Bertz CT molecular complexity index is 394. The number of hydrogen-bond acceptors (Lipinski definition) is 5. The largest absolute Gasteiger partial charge is 0.378 e. The third-order valence-corrected chi connectivity index (χ3v) is 4.50. The molecule has 2 aliphatic heterocycles. The summed E-state index contributed by atoms with van der Waals surface area (Å²) in [6.07, 6.45) is 3.74. The Balaban J connectivity index is 1.85. The molecule has 0 aromatic heterocycles. The van der Waals surface area contributed by atoms with Crippen LogP contribution in [0.5, 0.6) is 0 Å². The van der Waals surface area contributed by atoms with Gasteiger partial charge in [0.15, 0.2) is 0 Å². The number of ether oxygens (including phenoxy) is 1. The summed E-state index contributed by atoms with van der Waals surface area (Å²) < 4.78 is 5.27. The number of amides is 3. The minimum Gasteiger partial charge on any atom is -0.378 e. The molecule has 7 nitrogen and oxygen atoms in total. The summed E-state index contributed by atoms with van der Waals surface area (Å²) in [5.41, 5.74) is 4.66. The maximum Gasteiger partial charge on any atom is 0.325 e. The van der Waals surface area contributed by atoms with E-state index in [1.807, 2.05) is 0 Å². The van der Waals surface area contributed by atoms with E-state index in [9.17, 15) is 9.59 Å². The molecule has 0 saturated carbocycles. The summed E-state index contributed by atoms with van der Waals surface area (Å²) in [6, 6.07) is -0.289. The summed E-state index contributed by atoms with van der Waals surface area (Å²) in [4.78, 5) is 28.4. The van der Waals surface area contributed by atoms with Crippen molar-refractivity contribution in [2.75, 3.05) is 45.9 Å². The van der Waals surface area contributed by atoms with Gasteiger partial charge in [0, 0.05) is 19.6 Å². The molecule has 126 valence electrons. The molecule has 1 spiro atoms. The molecule has 0 aromatic carbocycles. The smallest absolute Gasteiger partial charge is 0.325 e. The first-order valence-corrected chi connectivity index (χ1v) is 8.27. The fraction of sp³-hybridized carbons (Fsp3) is 0.867. The van der Waals surface area contributed by atoms with Crippen LogP contribution < -0.4 is 11.1 Å². The van der Waals surface area contributed by atoms with E-state index in [1.165, 1.54) is 17.7 Å². The van der Waals surface area contributed by atoms with E-state index in [4.69, 9.17) is 10.5 Å². The molecule has 0 bridgehead atoms. The van der Waals surface area contributed by atoms with Gasteiger partial charge in [0.2, 0.25) is 0 Å². The fourth-order valence-corrected chi connectivity index (χ4v) is 3.10. The number of hydrogen-bond donors (Lipinski definition) is 2. The Morgan fingerprint density at radius 1 is 1.23 bits per heavy atom. The molecule has 0 radical (unpaired) electrons. The highest BCUT2D eigenvalue weighted by Crippen LogP contribution is 2.29. The number of carbonyl (C=O) groups excluding carboxylic acids is 2. The van der Waals surface area contributed by atoms with Crippen LogP contribution in [0, 0.1) is 0 Å². The van der Waals surface area contributed by atoms with Crippen LogP contribution in [-0.2, 0) is 9.53 Å². The molecule has 2 aliphatic rings. The van der Waals surface area contributed by atoms with E-state index in [0.29, 0.717) is 39.1 Å². The zero-order valence-corrected chi connectivity index (χ0v) is 13.5. The Hall–Kier alpha value is -1.18. The Labute approximate surface area is 132 Å². The number of piperidine rings is 1. The van der Waals surface area contributed by atoms with Gasteiger partial charge in [-0.05, 0) is 25.8 Å². The van der Waals surface area contributed by atoms with E-state index >= 15 is 0 Å². The maximum atomic E-state index is 12.6. The highest BCUT2D eigenvalue weighted by molar-refractivity contribution is 6.07. The number of nitrogens with zero attached hydrogens (tertiary/aromatic N) is 2. The molecule has 2 rings (SSSR count). The number of imide groups is 1. The second-order valence-electron chi connectivity index (χ2n) is 6.07. The first-order chi connectivity index (χ1) is 10.6. The summed E-state index contributed by atoms with van der Waals surface area (Å²) in [6.45, 7) is 6.51. The fourth-order valence-electron chi connectivity index (χ4n) is 3.10. The van der Waals surface area contributed by atoms with E-state index in [0.717, 1.165) is 19.6 Å². The zero-order valence-electron chi connectivity index (χ0n) is 13.5. The predicted molar refractivity (Wildman–Crippen MR) is 83.4 cm³/mol. The van der Waals surface area contributed by atoms with Crippen LogP contribution in [0.25, 0.3) is 0 Å². The predicted octanol–water partition coefficient (Wildman–Crippen LogP) is 0.148. The molecular weight excluding hydrogens is 284 g/mol. The molecule has 0 aliphatic carbocycles. The lowest BCUT2D eigenvalue weighted by atomic mass is 9.87. The van der Waals surface area contributed by atoms with Crippen LogP contribution in [0.1, 0.15) is 32.6 Å². The summed E-state index contributed by atoms with van der Waals surface area (Å²) >= 11 is 0. The minimum atomic E-state index is -0.687. The van der Waals surface area contributed by atoms with E-state index in [1.54, 1.807) is 0 Å². The molecule has 3 N–H and O–H groups in total. The maximum absolute atomic E-state index is 12.6. The third kappa shape index (κ3) is 3.77. The Kier molecular flexibility index (Phi) is 6.16. The quantitative estimate of drug-likeness (QED) is 0.492. The zero-order chi connectivity index (χ0) is 16.0. The van der Waals surface area contributed by atoms with Gasteiger partial charge in [-0.2, -0.15) is 0 Å². The number of likely N-dealkylation sites (tertiary alicyclic amines) is 1. The van der Waals surface area contributed by atoms with Gasteiger partial charge in [-0.1, -0.05) is 13.3 Å². The van der Waals surface area contributed by atoms with Crippen molar-refractivity contribution in [3.63, 3.8) is 0 Å². The number of carbonyl (C=O) groups is 2. The number of unbranched alkanes of at least 4 members (excludes halogenated alkanes) is 1. The van der Waals surface area contributed by atoms with E-state index in [2.05, 4.69) is 17.1 Å². The van der Waals surface area contributed by atoms with Crippen molar-refractivity contribution in [2.45, 2.75) is 38.1 Å². The van der Waals surface area contributed by atoms with Crippen molar-refractivity contribution >= 4 is 11.9 Å². The lowest BCUT2D eigenvalue weighted by Crippen LogP contribution is -2.55. The van der Waals surface area contributed by atoms with Gasteiger partial charge < -0.3 is 20.7 Å². The second kappa shape index (κ2) is 7.89. The minimum absolute atomic E-state index is 0.0935. The second-order valence-corrected chi connectivity index (χ2v) is 6.07. The van der Waals surface area contributed by atoms with Gasteiger partial charge in [-0.25, -0.2) is 4.79 Å². The molecule has 7 heteroatoms. The van der Waals surface area contributed by atoms with Gasteiger partial charge in [0.05, 0.1) is 19.8 Å². The monoisotopic (exact) mass is 312 g/mol. The number of rotatable bonds is 8. The van der Waals surface area contributed by atoms with Crippen molar-refractivity contribution in [2.24, 2.45) is 5.73 Å². The van der Waals surface area contributed by atoms with Crippen molar-refractivity contribution in [3.8, 4) is 0 Å². The molecule has 0 aromatic rings. The van der Waals surface area contributed by atoms with Crippen LogP contribution in [0.2, 0.25) is 0 Å². The highest BCUT2D eigenvalue weighted by Gasteiger charge is 2.51. The van der Waals surface area contributed by atoms with Crippen LogP contribution in [0.15, 0.2) is 0 Å². The van der Waals surface area contributed by atoms with Gasteiger partial charge in [-0.3, -0.25) is 9.69 Å². The standard InChI is InChI=1S/C15H28N4O3/c1-2-3-7-18-8-4-15(5-9-18)13(20)19(14(21)17-15)10-12-22-11-6-16/h2-12,16H2,1H3,(H,17,21). The van der Waals surface area contributed by atoms with Gasteiger partial charge in [-0.15, -0.1) is 0 Å². The first-order valence-electron chi connectivity index (χ1n) is 8.27. The molecule has 3 amide bonds. The molecule has 2 heterocycles. The number of urea groups is 1. The molecule has 0 unspecified atom stereocenters. The van der Waals surface area contributed by atoms with Crippen LogP contribution >= 0.6 is 0 Å². The average molecular weight is 312 g/mol. The molecule has 0 atom stereocenters. The third-order valence-electron chi connectivity index (χ3n) is 4.50. The molecule has 22 heavy (non-hydrogen) atoms. The van der Waals surface area contributed by atoms with Crippen LogP contribution in [0.3, 0.4) is 0 Å². The van der Waals surface area contributed by atoms with Crippen molar-refractivity contribution < 1.29 is 14.3 Å². The van der Waals surface area contributed by atoms with E-state index in [-0.39, 0.29) is 11.9 Å². The van der Waals surface area contributed by atoms with Gasteiger partial charge >= 0.3 is 6.03 Å². The van der Waals surface area contributed by atoms with Crippen molar-refractivity contribution in [1.29, 1.82) is 0 Å². The summed E-state index contributed by atoms with van der Waals surface area (Å²) in [5.74, 6) is -0.0935. The first kappa shape index (κ1) is 17.2. The van der Waals surface area contributed by atoms with Crippen LogP contribution in [0.4, 0.5) is 4.79 Å². The van der Waals surface area contributed by atoms with E-state index < -0.39 is 5.54 Å². The normalized spacial score (nSPS) is 21.6. The van der Waals surface area contributed by atoms with Crippen molar-refractivity contribution in [3.05, 3.63) is 0 Å². The SMILES string of the molecule is CCCCN1CCC2(CC1)NC(=O)N(CCOCCN)C2=O. The highest BCUT2D eigenvalue weighted by atomic mass is 16.5. The van der Waals surface area contributed by atoms with Crippen LogP contribution in [-0.4, -0.2) is 73.2 Å². The lowest BCUT2D eigenvalue weighted by molar-refractivity contribution is -0.133. The number of nitrogens with one attached hydrogen (secondary N) is 1. The Morgan fingerprint density at radius 2 is 1.95 bits per heavy atom. The topological polar surface area (TPSA) is 87.9 Å². The lowest BCUT2D eigenvalue weighted by Gasteiger charge is -2.37.